The van der Waals surface area contributed by atoms with E-state index in [9.17, 15) is 14.4 Å². The summed E-state index contributed by atoms with van der Waals surface area (Å²) in [5.41, 5.74) is 0.315. The van der Waals surface area contributed by atoms with Crippen molar-refractivity contribution in [2.24, 2.45) is 0 Å². The van der Waals surface area contributed by atoms with E-state index < -0.39 is 12.0 Å². The van der Waals surface area contributed by atoms with Crippen molar-refractivity contribution >= 4 is 23.6 Å². The Balaban J connectivity index is 3.01. The third kappa shape index (κ3) is 3.95. The normalized spacial score (nSPS) is 9.86. The van der Waals surface area contributed by atoms with Gasteiger partial charge in [0.25, 0.3) is 0 Å². The first-order valence-corrected chi connectivity index (χ1v) is 6.47. The van der Waals surface area contributed by atoms with Gasteiger partial charge in [0.1, 0.15) is 6.54 Å². The molecule has 7 nitrogen and oxygen atoms in total. The van der Waals surface area contributed by atoms with Crippen LogP contribution in [0.4, 0.5) is 10.5 Å². The number of hydrogen-bond donors (Lipinski definition) is 2. The lowest BCUT2D eigenvalue weighted by Gasteiger charge is -2.27. The number of benzene rings is 1. The molecule has 0 aliphatic carbocycles. The molecule has 0 aliphatic heterocycles. The van der Waals surface area contributed by atoms with Gasteiger partial charge in [-0.05, 0) is 19.1 Å². The van der Waals surface area contributed by atoms with Gasteiger partial charge in [0, 0.05) is 20.6 Å². The van der Waals surface area contributed by atoms with Crippen molar-refractivity contribution < 1.29 is 19.5 Å². The molecule has 0 heterocycles. The molecule has 21 heavy (non-hydrogen) atoms. The minimum atomic E-state index is -1.11. The van der Waals surface area contributed by atoms with Gasteiger partial charge < -0.3 is 15.3 Å². The standard InChI is InChI=1S/C14H19N3O4/c1-4-17(9-12(18)15-2)14(21)16(3)11-8-6-5-7-10(11)13(19)20/h5-8H,4,9H2,1-3H3,(H,15,18)(H,19,20). The second-order valence-electron chi connectivity index (χ2n) is 4.35. The fourth-order valence-electron chi connectivity index (χ4n) is 1.83. The molecule has 0 fully saturated rings. The van der Waals surface area contributed by atoms with Gasteiger partial charge in [-0.1, -0.05) is 12.1 Å². The van der Waals surface area contributed by atoms with Gasteiger partial charge in [0.05, 0.1) is 11.3 Å². The highest BCUT2D eigenvalue weighted by molar-refractivity contribution is 6.01. The van der Waals surface area contributed by atoms with Crippen molar-refractivity contribution in [3.63, 3.8) is 0 Å². The maximum Gasteiger partial charge on any atom is 0.337 e. The van der Waals surface area contributed by atoms with E-state index in [4.69, 9.17) is 5.11 Å². The van der Waals surface area contributed by atoms with Crippen molar-refractivity contribution in [1.29, 1.82) is 0 Å². The average Bonchev–Trinajstić information content (AvgIpc) is 2.50. The Morgan fingerprint density at radius 2 is 1.86 bits per heavy atom. The van der Waals surface area contributed by atoms with E-state index >= 15 is 0 Å². The quantitative estimate of drug-likeness (QED) is 0.847. The van der Waals surface area contributed by atoms with Crippen molar-refractivity contribution in [3.05, 3.63) is 29.8 Å². The predicted molar refractivity (Wildman–Crippen MR) is 78.5 cm³/mol. The van der Waals surface area contributed by atoms with Crippen LogP contribution in [0.3, 0.4) is 0 Å². The topological polar surface area (TPSA) is 90.0 Å². The van der Waals surface area contributed by atoms with Gasteiger partial charge >= 0.3 is 12.0 Å². The minimum absolute atomic E-state index is 0.0318. The molecule has 0 unspecified atom stereocenters. The third-order valence-electron chi connectivity index (χ3n) is 3.05. The predicted octanol–water partition coefficient (Wildman–Crippen LogP) is 1.01. The van der Waals surface area contributed by atoms with E-state index in [1.54, 1.807) is 25.1 Å². The number of carboxylic acid groups (broad SMARTS) is 1. The minimum Gasteiger partial charge on any atom is -0.478 e. The largest absolute Gasteiger partial charge is 0.478 e. The zero-order valence-electron chi connectivity index (χ0n) is 12.3. The van der Waals surface area contributed by atoms with Crippen LogP contribution < -0.4 is 10.2 Å². The van der Waals surface area contributed by atoms with Crippen molar-refractivity contribution in [2.75, 3.05) is 32.1 Å². The van der Waals surface area contributed by atoms with Gasteiger partial charge in [0.15, 0.2) is 0 Å². The SMILES string of the molecule is CCN(CC(=O)NC)C(=O)N(C)c1ccccc1C(=O)O. The molecule has 7 heteroatoms. The van der Waals surface area contributed by atoms with E-state index in [-0.39, 0.29) is 23.7 Å². The van der Waals surface area contributed by atoms with Crippen LogP contribution in [0.2, 0.25) is 0 Å². The van der Waals surface area contributed by atoms with Gasteiger partial charge in [-0.2, -0.15) is 0 Å². The molecule has 3 amide bonds. The molecule has 0 bridgehead atoms. The molecule has 1 aromatic rings. The van der Waals surface area contributed by atoms with Crippen LogP contribution in [-0.2, 0) is 4.79 Å². The van der Waals surface area contributed by atoms with E-state index in [1.165, 1.54) is 30.0 Å². The first-order valence-electron chi connectivity index (χ1n) is 6.47. The lowest BCUT2D eigenvalue weighted by Crippen LogP contribution is -2.46. The first kappa shape index (κ1) is 16.5. The number of para-hydroxylation sites is 1. The Hall–Kier alpha value is -2.57. The number of likely N-dealkylation sites (N-methyl/N-ethyl adjacent to an activating group) is 2. The molecule has 0 saturated heterocycles. The zero-order chi connectivity index (χ0) is 16.0. The highest BCUT2D eigenvalue weighted by Gasteiger charge is 2.23. The summed E-state index contributed by atoms with van der Waals surface area (Å²) in [6.45, 7) is 2.01. The molecule has 0 saturated carbocycles. The monoisotopic (exact) mass is 293 g/mol. The van der Waals surface area contributed by atoms with Crippen LogP contribution in [0.15, 0.2) is 24.3 Å². The fourth-order valence-corrected chi connectivity index (χ4v) is 1.83. The molecule has 114 valence electrons. The summed E-state index contributed by atoms with van der Waals surface area (Å²) in [4.78, 5) is 37.5. The summed E-state index contributed by atoms with van der Waals surface area (Å²) in [6, 6.07) is 5.79. The maximum atomic E-state index is 12.4. The van der Waals surface area contributed by atoms with Crippen LogP contribution in [-0.4, -0.2) is 55.1 Å². The highest BCUT2D eigenvalue weighted by atomic mass is 16.4. The number of carbonyl (C=O) groups excluding carboxylic acids is 2. The molecule has 1 aromatic carbocycles. The lowest BCUT2D eigenvalue weighted by atomic mass is 10.1. The second kappa shape index (κ2) is 7.28. The molecule has 0 atom stereocenters. The Morgan fingerprint density at radius 1 is 1.24 bits per heavy atom. The Morgan fingerprint density at radius 3 is 2.38 bits per heavy atom. The van der Waals surface area contributed by atoms with Crippen LogP contribution in [0, 0.1) is 0 Å². The fraction of sp³-hybridized carbons (Fsp3) is 0.357. The van der Waals surface area contributed by atoms with Gasteiger partial charge in [0.2, 0.25) is 5.91 Å². The molecule has 0 spiro atoms. The van der Waals surface area contributed by atoms with Crippen LogP contribution in [0.25, 0.3) is 0 Å². The maximum absolute atomic E-state index is 12.4. The number of nitrogens with zero attached hydrogens (tertiary/aromatic N) is 2. The lowest BCUT2D eigenvalue weighted by molar-refractivity contribution is -0.121. The average molecular weight is 293 g/mol. The number of urea groups is 1. The summed E-state index contributed by atoms with van der Waals surface area (Å²) in [5, 5.41) is 11.6. The van der Waals surface area contributed by atoms with Gasteiger partial charge in [-0.3, -0.25) is 9.69 Å². The Bertz CT molecular complexity index is 545. The van der Waals surface area contributed by atoms with Crippen LogP contribution in [0.1, 0.15) is 17.3 Å². The molecule has 1 rings (SSSR count). The van der Waals surface area contributed by atoms with E-state index in [2.05, 4.69) is 5.32 Å². The van der Waals surface area contributed by atoms with Crippen molar-refractivity contribution in [2.45, 2.75) is 6.92 Å². The molecule has 0 aromatic heterocycles. The number of amides is 3. The smallest absolute Gasteiger partial charge is 0.337 e. The van der Waals surface area contributed by atoms with Crippen LogP contribution in [0.5, 0.6) is 0 Å². The number of carboxylic acids is 1. The van der Waals surface area contributed by atoms with Crippen LogP contribution >= 0.6 is 0 Å². The summed E-state index contributed by atoms with van der Waals surface area (Å²) >= 11 is 0. The molecule has 0 aliphatic rings. The van der Waals surface area contributed by atoms with Crippen molar-refractivity contribution in [3.8, 4) is 0 Å². The second-order valence-corrected chi connectivity index (χ2v) is 4.35. The molecule has 0 radical (unpaired) electrons. The van der Waals surface area contributed by atoms with Crippen molar-refractivity contribution in [1.82, 2.24) is 10.2 Å². The summed E-state index contributed by atoms with van der Waals surface area (Å²) < 4.78 is 0. The van der Waals surface area contributed by atoms with Gasteiger partial charge in [-0.25, -0.2) is 9.59 Å². The Labute approximate surface area is 123 Å². The number of rotatable bonds is 5. The number of carbonyl (C=O) groups is 3. The molecular formula is C14H19N3O4. The first-order chi connectivity index (χ1) is 9.92. The highest BCUT2D eigenvalue weighted by Crippen LogP contribution is 2.20. The number of nitrogens with one attached hydrogen (secondary N) is 1. The number of hydrogen-bond acceptors (Lipinski definition) is 3. The summed E-state index contributed by atoms with van der Waals surface area (Å²) in [6.07, 6.45) is 0. The summed E-state index contributed by atoms with van der Waals surface area (Å²) in [5.74, 6) is -1.40. The third-order valence-corrected chi connectivity index (χ3v) is 3.05. The summed E-state index contributed by atoms with van der Waals surface area (Å²) in [7, 11) is 2.97. The van der Waals surface area contributed by atoms with Gasteiger partial charge in [-0.15, -0.1) is 0 Å². The zero-order valence-corrected chi connectivity index (χ0v) is 12.3. The number of anilines is 1. The van der Waals surface area contributed by atoms with E-state index in [0.29, 0.717) is 6.54 Å². The Kier molecular flexibility index (Phi) is 5.71. The number of aromatic carboxylic acids is 1. The van der Waals surface area contributed by atoms with E-state index in [1.807, 2.05) is 0 Å². The molecule has 2 N–H and O–H groups in total. The van der Waals surface area contributed by atoms with E-state index in [0.717, 1.165) is 0 Å². The molecular weight excluding hydrogens is 274 g/mol.